The molecule has 10 heterocycles. The number of carbonyl (C=O) groups is 8. The molecule has 0 aliphatic carbocycles. The van der Waals surface area contributed by atoms with E-state index in [1.54, 1.807) is 41.5 Å². The van der Waals surface area contributed by atoms with E-state index in [4.69, 9.17) is 108 Å². The summed E-state index contributed by atoms with van der Waals surface area (Å²) in [6, 6.07) is 17.1. The molecular weight excluding hydrogens is 1930 g/mol. The smallest absolute Gasteiger partial charge is 0.408 e. The fourth-order valence-corrected chi connectivity index (χ4v) is 14.5. The van der Waals surface area contributed by atoms with E-state index in [0.29, 0.717) is 117 Å². The summed E-state index contributed by atoms with van der Waals surface area (Å²) in [5.74, 6) is 0. The Balaban J connectivity index is 0.000000434. The van der Waals surface area contributed by atoms with Crippen LogP contribution in [0.4, 0.5) is 38.4 Å². The first-order valence-electron chi connectivity index (χ1n) is 50.7. The Labute approximate surface area is 884 Å². The third-order valence-electron chi connectivity index (χ3n) is 21.6. The van der Waals surface area contributed by atoms with Gasteiger partial charge in [-0.1, -0.05) is 109 Å². The minimum Gasteiger partial charge on any atom is -0.445 e. The van der Waals surface area contributed by atoms with Crippen LogP contribution in [-0.2, 0) is 98.5 Å². The molecule has 17 N–H and O–H groups in total. The van der Waals surface area contributed by atoms with E-state index in [0.717, 1.165) is 83.1 Å². The molecule has 8 amide bonds. The van der Waals surface area contributed by atoms with Crippen LogP contribution in [0.5, 0.6) is 0 Å². The lowest BCUT2D eigenvalue weighted by atomic mass is 10.1. The molecular formula is C107H181N15O27. The average Bonchev–Trinajstić information content (AvgIpc) is 1.67. The Hall–Kier alpha value is -10.2. The number of ether oxygens (including phenoxy) is 18. The van der Waals surface area contributed by atoms with Crippen LogP contribution in [0.25, 0.3) is 0 Å². The van der Waals surface area contributed by atoms with Crippen molar-refractivity contribution in [3.05, 3.63) is 173 Å². The zero-order chi connectivity index (χ0) is 112. The summed E-state index contributed by atoms with van der Waals surface area (Å²) < 4.78 is 93.3. The van der Waals surface area contributed by atoms with Gasteiger partial charge in [0, 0.05) is 45.3 Å². The van der Waals surface area contributed by atoms with Crippen LogP contribution in [0.15, 0.2) is 162 Å². The number of fused-ring (bicyclic) bond motifs is 1. The second-order valence-corrected chi connectivity index (χ2v) is 42.2. The lowest BCUT2D eigenvalue weighted by molar-refractivity contribution is 0.0473. The quantitative estimate of drug-likeness (QED) is 0.0144. The summed E-state index contributed by atoms with van der Waals surface area (Å²) in [6.07, 6.45) is 15.1. The lowest BCUT2D eigenvalue weighted by Gasteiger charge is -2.30. The van der Waals surface area contributed by atoms with Gasteiger partial charge in [-0.15, -0.1) is 52.6 Å². The number of benzene rings is 2. The van der Waals surface area contributed by atoms with Crippen molar-refractivity contribution in [3.8, 4) is 0 Å². The number of amides is 8. The van der Waals surface area contributed by atoms with E-state index in [2.05, 4.69) is 110 Å². The number of carbonyl (C=O) groups excluding carboxylic acids is 8. The molecule has 0 saturated carbocycles. The number of aliphatic hydroxyl groups is 1. The molecule has 12 rings (SSSR count). The van der Waals surface area contributed by atoms with Gasteiger partial charge in [-0.05, 0) is 155 Å². The number of allylic oxidation sites excluding steroid dienone is 2. The highest BCUT2D eigenvalue weighted by Crippen LogP contribution is 2.28. The van der Waals surface area contributed by atoms with Crippen molar-refractivity contribution in [1.29, 1.82) is 0 Å². The van der Waals surface area contributed by atoms with Crippen LogP contribution in [0, 0.1) is 0 Å². The maximum absolute atomic E-state index is 11.9. The molecule has 42 heteroatoms. The van der Waals surface area contributed by atoms with E-state index < -0.39 is 82.4 Å². The predicted octanol–water partition coefficient (Wildman–Crippen LogP) is 10.2. The van der Waals surface area contributed by atoms with E-state index in [1.165, 1.54) is 6.42 Å². The van der Waals surface area contributed by atoms with Gasteiger partial charge in [0.05, 0.1) is 210 Å². The second kappa shape index (κ2) is 70.1. The molecule has 18 atom stereocenters. The number of nitrogens with two attached hydrogens (primary N) is 4. The summed E-state index contributed by atoms with van der Waals surface area (Å²) in [7, 11) is 0. The Morgan fingerprint density at radius 1 is 0.295 bits per heavy atom. The molecule has 2 aromatic rings. The second-order valence-electron chi connectivity index (χ2n) is 42.2. The van der Waals surface area contributed by atoms with E-state index in [-0.39, 0.29) is 104 Å². The summed E-state index contributed by atoms with van der Waals surface area (Å²) in [5, 5.41) is 31.3. The molecule has 10 fully saturated rings. The molecule has 18 unspecified atom stereocenters. The van der Waals surface area contributed by atoms with Crippen LogP contribution < -0.4 is 65.5 Å². The van der Waals surface area contributed by atoms with Crippen LogP contribution in [-0.4, -0.2) is 369 Å². The van der Waals surface area contributed by atoms with Crippen LogP contribution >= 0.6 is 0 Å². The zero-order valence-electron chi connectivity index (χ0n) is 91.7. The van der Waals surface area contributed by atoms with Gasteiger partial charge in [-0.25, -0.2) is 38.4 Å². The SMILES string of the molecule is C1OCC2OC12.C=CCCCC=C.C=CCN(CC=C)C1COCC1N.C=CCN(CC=C)C1COCC1NC(=O)OC(C)(C)C.C=CCN(CC=C)C1COCC1O.CC(C)(C)OC(=O)NC1COCC1N.CC(C)(C)OC(=O)NC1COCC1N.CC(C)(C)OC(=O)NC1COCC1N.CC(C)(C)OC(=O)NC1COCC1NC(=O)OCc1ccccc1.CC(C)(C)OC(=O)NC1COCC1NC(=O)OCc1ccccc1. The Kier molecular flexibility index (Phi) is 62.5. The Morgan fingerprint density at radius 2 is 0.523 bits per heavy atom. The number of unbranched alkanes of at least 4 members (excludes halogenated alkanes) is 2. The van der Waals surface area contributed by atoms with Gasteiger partial charge in [-0.2, -0.15) is 0 Å². The first-order valence-corrected chi connectivity index (χ1v) is 50.7. The molecule has 42 nitrogen and oxygen atoms in total. The van der Waals surface area contributed by atoms with Crippen LogP contribution in [0.2, 0.25) is 0 Å². The predicted molar refractivity (Wildman–Crippen MR) is 571 cm³/mol. The number of alkyl carbamates (subject to hydrolysis) is 8. The molecule has 846 valence electrons. The normalized spacial score (nSPS) is 24.6. The molecule has 0 bridgehead atoms. The third-order valence-corrected chi connectivity index (χ3v) is 21.6. The minimum absolute atomic E-state index is 0.0789. The molecule has 10 aliphatic rings. The summed E-state index contributed by atoms with van der Waals surface area (Å²) in [5.41, 5.74) is 21.7. The third kappa shape index (κ3) is 61.2. The number of nitrogens with zero attached hydrogens (tertiary/aromatic N) is 3. The standard InChI is InChI=1S/2C17H24N2O5.C15H26N2O3.C10H18N2O.C10H17NO2.3C9H18N2O3.C7H12.C4H6O2/c2*1-17(2,3)24-16(21)19-14-11-22-10-13(14)18-15(20)23-9-12-7-5-4-6-8-12;1-6-8-17(9-7-2)13-11-19-10-12(13)16-14(18)20-15(3,4)5;1-3-5-12(6-4-2)10-8-13-7-9(10)11;1-3-5-11(6-4-2)9-7-13-8-10(9)12;3*1-9(2,3)14-8(12)11-7-5-13-4-6(7)10;1-3-5-7-6-4-2;1-3-4(6-3)2-5-1/h2*4-8,13-14H,9-11H2,1-3H3,(H,18,20)(H,19,21);6-7,12-13H,1-2,8-11H2,3-5H3,(H,16,18);3-4,9-10H,1-2,5-8,11H2;3-4,9-10,12H,1-2,5-8H2;3*6-7H,4-5,10H2,1-3H3,(H,11,12);3-4H,1-2,5-7H2;3-4H,1-2H2. The average molecular weight is 2110 g/mol. The van der Waals surface area contributed by atoms with E-state index in [1.807, 2.05) is 192 Å². The van der Waals surface area contributed by atoms with Gasteiger partial charge in [-0.3, -0.25) is 14.7 Å². The van der Waals surface area contributed by atoms with Crippen molar-refractivity contribution in [2.45, 2.75) is 300 Å². The van der Waals surface area contributed by atoms with Crippen molar-refractivity contribution in [1.82, 2.24) is 57.2 Å². The topological polar surface area (TPSA) is 536 Å². The molecule has 10 aliphatic heterocycles. The highest BCUT2D eigenvalue weighted by molar-refractivity contribution is 5.72. The molecule has 2 aromatic carbocycles. The number of epoxide rings is 1. The van der Waals surface area contributed by atoms with Gasteiger partial charge in [0.2, 0.25) is 0 Å². The van der Waals surface area contributed by atoms with E-state index in [9.17, 15) is 43.5 Å². The molecule has 0 radical (unpaired) electrons. The van der Waals surface area contributed by atoms with Crippen molar-refractivity contribution >= 4 is 48.7 Å². The summed E-state index contributed by atoms with van der Waals surface area (Å²) >= 11 is 0. The van der Waals surface area contributed by atoms with Gasteiger partial charge >= 0.3 is 48.7 Å². The monoisotopic (exact) mass is 2110 g/mol. The largest absolute Gasteiger partial charge is 0.445 e. The van der Waals surface area contributed by atoms with Gasteiger partial charge in [0.1, 0.15) is 59.0 Å². The molecule has 0 aromatic heterocycles. The highest BCUT2D eigenvalue weighted by Gasteiger charge is 2.45. The van der Waals surface area contributed by atoms with Crippen molar-refractivity contribution in [3.63, 3.8) is 0 Å². The molecule has 10 saturated heterocycles. The first-order chi connectivity index (χ1) is 70.1. The number of nitrogens with one attached hydrogen (secondary N) is 8. The van der Waals surface area contributed by atoms with Gasteiger partial charge in [0.15, 0.2) is 0 Å². The summed E-state index contributed by atoms with van der Waals surface area (Å²) in [6.45, 7) is 76.4. The van der Waals surface area contributed by atoms with Crippen LogP contribution in [0.3, 0.4) is 0 Å². The molecule has 0 spiro atoms. The van der Waals surface area contributed by atoms with Crippen molar-refractivity contribution < 1.29 is 129 Å². The Bertz CT molecular complexity index is 3950. The van der Waals surface area contributed by atoms with Crippen LogP contribution in [0.1, 0.15) is 155 Å². The number of rotatable bonds is 31. The summed E-state index contributed by atoms with van der Waals surface area (Å²) in [4.78, 5) is 99.8. The van der Waals surface area contributed by atoms with Crippen molar-refractivity contribution in [2.24, 2.45) is 22.9 Å². The minimum atomic E-state index is -0.582. The first kappa shape index (κ1) is 133. The van der Waals surface area contributed by atoms with Gasteiger partial charge < -0.3 is 156 Å². The maximum Gasteiger partial charge on any atom is 0.408 e. The van der Waals surface area contributed by atoms with Gasteiger partial charge in [0.25, 0.3) is 0 Å². The highest BCUT2D eigenvalue weighted by atomic mass is 16.7. The fraction of sp³-hybridized carbons (Fsp3) is 0.664. The maximum atomic E-state index is 11.9. The Morgan fingerprint density at radius 3 is 0.772 bits per heavy atom. The number of hydrogen-bond acceptors (Lipinski definition) is 34. The lowest BCUT2D eigenvalue weighted by Crippen LogP contribution is -2.52. The number of hydrogen-bond donors (Lipinski definition) is 13. The fourth-order valence-electron chi connectivity index (χ4n) is 14.5. The zero-order valence-corrected chi connectivity index (χ0v) is 91.7. The van der Waals surface area contributed by atoms with E-state index >= 15 is 0 Å². The molecule has 149 heavy (non-hydrogen) atoms. The number of aliphatic hydroxyl groups excluding tert-OH is 1. The van der Waals surface area contributed by atoms with Crippen molar-refractivity contribution in [2.75, 3.05) is 158 Å².